The summed E-state index contributed by atoms with van der Waals surface area (Å²) in [5.41, 5.74) is 0.764. The van der Waals surface area contributed by atoms with Crippen LogP contribution in [-0.2, 0) is 9.57 Å². The first kappa shape index (κ1) is 8.67. The van der Waals surface area contributed by atoms with Crippen molar-refractivity contribution in [3.63, 3.8) is 0 Å². The third kappa shape index (κ3) is 2.03. The van der Waals surface area contributed by atoms with Gasteiger partial charge in [-0.2, -0.15) is 0 Å². The Morgan fingerprint density at radius 1 is 1.33 bits per heavy atom. The molecule has 0 bridgehead atoms. The van der Waals surface area contributed by atoms with Crippen molar-refractivity contribution in [2.24, 2.45) is 5.34 Å². The van der Waals surface area contributed by atoms with E-state index in [2.05, 4.69) is 10.2 Å². The van der Waals surface area contributed by atoms with Gasteiger partial charge >= 0.3 is 0 Å². The molecule has 4 heteroatoms. The highest BCUT2D eigenvalue weighted by Gasteiger charge is 2.10. The third-order valence-electron chi connectivity index (χ3n) is 1.42. The van der Waals surface area contributed by atoms with Gasteiger partial charge in [0.2, 0.25) is 0 Å². The summed E-state index contributed by atoms with van der Waals surface area (Å²) in [5, 5.41) is 2.31. The fraction of sp³-hybridized carbons (Fsp3) is 0.250. The Balaban J connectivity index is 2.72. The van der Waals surface area contributed by atoms with E-state index in [4.69, 9.17) is 4.74 Å². The fourth-order valence-electron chi connectivity index (χ4n) is 0.889. The molecule has 1 aromatic carbocycles. The molecule has 1 unspecified atom stereocenters. The van der Waals surface area contributed by atoms with Crippen LogP contribution >= 0.6 is 0 Å². The minimum Gasteiger partial charge on any atom is -0.341 e. The maximum Gasteiger partial charge on any atom is 0.256 e. The summed E-state index contributed by atoms with van der Waals surface area (Å²) in [7, 11) is 1.45. The topological polar surface area (TPSA) is 47.9 Å². The van der Waals surface area contributed by atoms with Crippen LogP contribution in [0.3, 0.4) is 0 Å². The number of hydrogen-bond acceptors (Lipinski definition) is 4. The number of ether oxygens (including phenoxy) is 1. The largest absolute Gasteiger partial charge is 0.341 e. The van der Waals surface area contributed by atoms with Gasteiger partial charge in [0.05, 0.1) is 0 Å². The van der Waals surface area contributed by atoms with E-state index in [1.54, 1.807) is 12.1 Å². The van der Waals surface area contributed by atoms with E-state index in [1.165, 1.54) is 7.11 Å². The minimum atomic E-state index is -0.705. The Bertz CT molecular complexity index is 237. The Morgan fingerprint density at radius 2 is 2.00 bits per heavy atom. The molecule has 4 nitrogen and oxygen atoms in total. The van der Waals surface area contributed by atoms with Crippen LogP contribution in [0.25, 0.3) is 0 Å². The molecule has 12 heavy (non-hydrogen) atoms. The second-order valence-corrected chi connectivity index (χ2v) is 2.16. The maximum absolute atomic E-state index is 9.80. The van der Waals surface area contributed by atoms with Gasteiger partial charge in [-0.05, 0) is 0 Å². The van der Waals surface area contributed by atoms with Crippen LogP contribution in [0.4, 0.5) is 0 Å². The summed E-state index contributed by atoms with van der Waals surface area (Å²) in [6.45, 7) is 0. The molecular weight excluding hydrogens is 158 g/mol. The zero-order chi connectivity index (χ0) is 8.81. The highest BCUT2D eigenvalue weighted by molar-refractivity contribution is 5.15. The monoisotopic (exact) mass is 167 g/mol. The molecule has 0 saturated carbocycles. The van der Waals surface area contributed by atoms with Crippen molar-refractivity contribution in [3.05, 3.63) is 40.8 Å². The number of rotatable bonds is 4. The van der Waals surface area contributed by atoms with Gasteiger partial charge in [-0.25, -0.2) is 0 Å². The van der Waals surface area contributed by atoms with Gasteiger partial charge in [-0.15, -0.1) is 4.91 Å². The highest BCUT2D eigenvalue weighted by atomic mass is 16.8. The highest BCUT2D eigenvalue weighted by Crippen LogP contribution is 2.17. The van der Waals surface area contributed by atoms with Crippen LogP contribution in [0.5, 0.6) is 0 Å². The Hall–Kier alpha value is -1.42. The van der Waals surface area contributed by atoms with E-state index in [9.17, 15) is 4.91 Å². The summed E-state index contributed by atoms with van der Waals surface area (Å²) >= 11 is 0. The number of methoxy groups -OCH3 is 1. The van der Waals surface area contributed by atoms with Gasteiger partial charge in [0, 0.05) is 12.7 Å². The molecule has 0 N–H and O–H groups in total. The van der Waals surface area contributed by atoms with E-state index >= 15 is 0 Å². The molecule has 1 rings (SSSR count). The predicted molar refractivity (Wildman–Crippen MR) is 43.1 cm³/mol. The van der Waals surface area contributed by atoms with Crippen LogP contribution in [0, 0.1) is 4.91 Å². The first-order valence-electron chi connectivity index (χ1n) is 3.44. The van der Waals surface area contributed by atoms with Crippen LogP contribution in [0.2, 0.25) is 0 Å². The Morgan fingerprint density at radius 3 is 2.50 bits per heavy atom. The molecule has 0 aliphatic rings. The van der Waals surface area contributed by atoms with Gasteiger partial charge in [0.15, 0.2) is 5.34 Å². The minimum absolute atomic E-state index is 0.705. The quantitative estimate of drug-likeness (QED) is 0.391. The van der Waals surface area contributed by atoms with Gasteiger partial charge in [0.25, 0.3) is 6.29 Å². The van der Waals surface area contributed by atoms with Crippen LogP contribution < -0.4 is 0 Å². The number of nitrogens with zero attached hydrogens (tertiary/aromatic N) is 1. The van der Waals surface area contributed by atoms with Crippen molar-refractivity contribution >= 4 is 0 Å². The van der Waals surface area contributed by atoms with E-state index in [-0.39, 0.29) is 0 Å². The first-order chi connectivity index (χ1) is 5.88. The lowest BCUT2D eigenvalue weighted by molar-refractivity contribution is -0.129. The molecule has 0 amide bonds. The summed E-state index contributed by atoms with van der Waals surface area (Å²) in [6.07, 6.45) is -0.705. The van der Waals surface area contributed by atoms with Gasteiger partial charge in [-0.1, -0.05) is 30.3 Å². The van der Waals surface area contributed by atoms with Gasteiger partial charge in [0.1, 0.15) is 0 Å². The SMILES string of the molecule is COC(ON=O)c1ccccc1. The molecule has 0 aromatic heterocycles. The average Bonchev–Trinajstić information content (AvgIpc) is 2.15. The summed E-state index contributed by atoms with van der Waals surface area (Å²) in [6, 6.07) is 9.11. The molecule has 0 saturated heterocycles. The van der Waals surface area contributed by atoms with Crippen molar-refractivity contribution in [1.29, 1.82) is 0 Å². The molecular formula is C8H9NO3. The maximum atomic E-state index is 9.80. The lowest BCUT2D eigenvalue weighted by Gasteiger charge is -2.10. The van der Waals surface area contributed by atoms with Crippen LogP contribution in [-0.4, -0.2) is 7.11 Å². The van der Waals surface area contributed by atoms with Gasteiger partial charge < -0.3 is 9.57 Å². The zero-order valence-electron chi connectivity index (χ0n) is 6.64. The Kier molecular flexibility index (Phi) is 3.22. The molecule has 1 atom stereocenters. The second kappa shape index (κ2) is 4.46. The van der Waals surface area contributed by atoms with Crippen molar-refractivity contribution in [2.75, 3.05) is 7.11 Å². The van der Waals surface area contributed by atoms with E-state index in [0.29, 0.717) is 0 Å². The molecule has 0 heterocycles. The summed E-state index contributed by atoms with van der Waals surface area (Å²) in [5.74, 6) is 0. The molecule has 0 spiro atoms. The van der Waals surface area contributed by atoms with Crippen LogP contribution in [0.15, 0.2) is 35.7 Å². The lowest BCUT2D eigenvalue weighted by Crippen LogP contribution is -2.01. The molecule has 0 radical (unpaired) electrons. The Labute approximate surface area is 70.0 Å². The normalized spacial score (nSPS) is 12.1. The zero-order valence-corrected chi connectivity index (χ0v) is 6.64. The van der Waals surface area contributed by atoms with Crippen molar-refractivity contribution in [3.8, 4) is 0 Å². The molecule has 1 aromatic rings. The van der Waals surface area contributed by atoms with E-state index < -0.39 is 6.29 Å². The molecule has 0 aliphatic carbocycles. The van der Waals surface area contributed by atoms with Gasteiger partial charge in [-0.3, -0.25) is 0 Å². The third-order valence-corrected chi connectivity index (χ3v) is 1.42. The van der Waals surface area contributed by atoms with Crippen molar-refractivity contribution in [2.45, 2.75) is 6.29 Å². The van der Waals surface area contributed by atoms with E-state index in [0.717, 1.165) is 5.56 Å². The molecule has 64 valence electrons. The predicted octanol–water partition coefficient (Wildman–Crippen LogP) is 2.03. The van der Waals surface area contributed by atoms with Crippen molar-refractivity contribution in [1.82, 2.24) is 0 Å². The summed E-state index contributed by atoms with van der Waals surface area (Å²) < 4.78 is 4.86. The molecule has 0 fully saturated rings. The summed E-state index contributed by atoms with van der Waals surface area (Å²) in [4.78, 5) is 14.2. The van der Waals surface area contributed by atoms with E-state index in [1.807, 2.05) is 18.2 Å². The smallest absolute Gasteiger partial charge is 0.256 e. The van der Waals surface area contributed by atoms with Crippen molar-refractivity contribution < 1.29 is 9.57 Å². The second-order valence-electron chi connectivity index (χ2n) is 2.16. The number of benzene rings is 1. The number of hydrogen-bond donors (Lipinski definition) is 0. The lowest BCUT2D eigenvalue weighted by atomic mass is 10.2. The fourth-order valence-corrected chi connectivity index (χ4v) is 0.889. The average molecular weight is 167 g/mol. The molecule has 0 aliphatic heterocycles. The first-order valence-corrected chi connectivity index (χ1v) is 3.44. The van der Waals surface area contributed by atoms with Crippen LogP contribution in [0.1, 0.15) is 11.9 Å². The standard InChI is InChI=1S/C8H9NO3/c1-11-8(12-9-10)7-5-3-2-4-6-7/h2-6,8H,1H3.